The molecule has 9 aromatic rings. The number of fused-ring (bicyclic) bond motifs is 6. The molecule has 3 heterocycles. The third-order valence-corrected chi connectivity index (χ3v) is 16.4. The number of hydrogen-bond donors (Lipinski definition) is 0. The number of carbonyl (C=O) groups is 3. The van der Waals surface area contributed by atoms with E-state index in [0.717, 1.165) is 18.2 Å². The Morgan fingerprint density at radius 3 is 1.11 bits per heavy atom. The van der Waals surface area contributed by atoms with Crippen molar-refractivity contribution >= 4 is 112 Å². The summed E-state index contributed by atoms with van der Waals surface area (Å²) in [7, 11) is 0. The zero-order valence-electron chi connectivity index (χ0n) is 43.0. The smallest absolute Gasteiger partial charge is 0.344 e. The van der Waals surface area contributed by atoms with Crippen molar-refractivity contribution in [3.63, 3.8) is 0 Å². The van der Waals surface area contributed by atoms with E-state index in [9.17, 15) is 41.9 Å². The van der Waals surface area contributed by atoms with Gasteiger partial charge in [0.25, 0.3) is 0 Å². The average Bonchev–Trinajstić information content (AvgIpc) is 3.61. The molecule has 0 aliphatic carbocycles. The number of halogens is 3. The van der Waals surface area contributed by atoms with Crippen LogP contribution in [0.3, 0.4) is 0 Å². The van der Waals surface area contributed by atoms with Crippen molar-refractivity contribution in [1.29, 1.82) is 0 Å². The molecule has 0 atom stereocenters. The molecule has 21 heteroatoms. The van der Waals surface area contributed by atoms with Crippen LogP contribution in [-0.4, -0.2) is 97.2 Å². The van der Waals surface area contributed by atoms with Gasteiger partial charge in [-0.1, -0.05) is 43.3 Å². The SMILES string of the molecule is CCC(COCCCCOC(=O)COc1ccc(F)c2c(=O)c3ccccc3sc12)(COCCOC(=O)COc1ccc(F)c2c(=O)c3ccccc3sc12)COCCOC(=O)COc1ccc(F)c2c(=O)c3ccccc3sc12. The van der Waals surface area contributed by atoms with E-state index in [1.807, 2.05) is 6.92 Å². The number of ether oxygens (including phenoxy) is 9. The highest BCUT2D eigenvalue weighted by Gasteiger charge is 2.30. The van der Waals surface area contributed by atoms with E-state index in [2.05, 4.69) is 0 Å². The average molecular weight is 1150 g/mol. The van der Waals surface area contributed by atoms with Gasteiger partial charge in [0.2, 0.25) is 0 Å². The van der Waals surface area contributed by atoms with Gasteiger partial charge in [0, 0.05) is 42.3 Å². The van der Waals surface area contributed by atoms with Gasteiger partial charge in [-0.15, -0.1) is 34.0 Å². The van der Waals surface area contributed by atoms with Crippen LogP contribution in [0, 0.1) is 22.9 Å². The third-order valence-electron chi connectivity index (χ3n) is 12.9. The van der Waals surface area contributed by atoms with Crippen molar-refractivity contribution in [2.45, 2.75) is 26.2 Å². The molecule has 9 rings (SSSR count). The Labute approximate surface area is 465 Å². The number of carbonyl (C=O) groups excluding carboxylic acids is 3. The minimum absolute atomic E-state index is 0.0156. The Morgan fingerprint density at radius 1 is 0.425 bits per heavy atom. The molecular formula is C59H51F3O15S3. The van der Waals surface area contributed by atoms with E-state index in [4.69, 9.17) is 42.6 Å². The molecule has 0 saturated carbocycles. The Hall–Kier alpha value is -7.53. The first-order valence-corrected chi connectivity index (χ1v) is 27.8. The van der Waals surface area contributed by atoms with Crippen LogP contribution < -0.4 is 30.5 Å². The summed E-state index contributed by atoms with van der Waals surface area (Å²) in [5, 5.41) is 0.774. The van der Waals surface area contributed by atoms with Crippen LogP contribution in [0.4, 0.5) is 13.2 Å². The Bertz CT molecular complexity index is 3770. The summed E-state index contributed by atoms with van der Waals surface area (Å²) >= 11 is 3.53. The lowest BCUT2D eigenvalue weighted by Gasteiger charge is -2.32. The highest BCUT2D eigenvalue weighted by atomic mass is 32.1. The van der Waals surface area contributed by atoms with Crippen molar-refractivity contribution in [2.24, 2.45) is 5.41 Å². The van der Waals surface area contributed by atoms with Crippen molar-refractivity contribution in [2.75, 3.05) is 79.3 Å². The minimum atomic E-state index is -0.737. The molecule has 0 unspecified atom stereocenters. The predicted molar refractivity (Wildman–Crippen MR) is 300 cm³/mol. The van der Waals surface area contributed by atoms with Crippen molar-refractivity contribution < 1.29 is 70.2 Å². The quantitative estimate of drug-likeness (QED) is 0.0205. The lowest BCUT2D eigenvalue weighted by molar-refractivity contribution is -0.149. The molecule has 80 heavy (non-hydrogen) atoms. The van der Waals surface area contributed by atoms with E-state index in [0.29, 0.717) is 49.5 Å². The molecular weight excluding hydrogens is 1100 g/mol. The molecule has 0 radical (unpaired) electrons. The fourth-order valence-corrected chi connectivity index (χ4v) is 12.1. The van der Waals surface area contributed by atoms with Gasteiger partial charge in [0.05, 0.1) is 69.9 Å². The second-order valence-electron chi connectivity index (χ2n) is 18.3. The van der Waals surface area contributed by atoms with Crippen LogP contribution in [0.25, 0.3) is 60.5 Å². The van der Waals surface area contributed by atoms with Crippen LogP contribution in [0.2, 0.25) is 0 Å². The Balaban J connectivity index is 0.740. The lowest BCUT2D eigenvalue weighted by atomic mass is 9.88. The fourth-order valence-electron chi connectivity index (χ4n) is 8.62. The summed E-state index contributed by atoms with van der Waals surface area (Å²) < 4.78 is 98.6. The van der Waals surface area contributed by atoms with Crippen molar-refractivity contribution in [1.82, 2.24) is 0 Å². The zero-order valence-corrected chi connectivity index (χ0v) is 45.4. The van der Waals surface area contributed by atoms with Gasteiger partial charge in [-0.25, -0.2) is 27.6 Å². The largest absolute Gasteiger partial charge is 0.480 e. The van der Waals surface area contributed by atoms with Crippen molar-refractivity contribution in [3.8, 4) is 17.2 Å². The van der Waals surface area contributed by atoms with E-state index in [-0.39, 0.29) is 107 Å². The summed E-state index contributed by atoms with van der Waals surface area (Å²) in [4.78, 5) is 77.5. The fraction of sp³-hybridized carbons (Fsp3) is 0.288. The molecule has 6 aromatic carbocycles. The standard InChI is InChI=1S/C59H51F3O15S3/c1-2-59(33-70-25-27-73-48(64)30-76-42-21-18-39(61)51-54(67)36-12-4-7-15-45(36)79-57(42)51,34-71-26-28-74-49(65)31-77-43-22-19-40(62)52-55(68)37-13-5-8-16-46(37)80-58(43)52)32-69-23-9-10-24-72-47(63)29-75-41-20-17-38(60)50-53(66)35-11-3-6-14-44(35)78-56(41)50/h3-8,11-22H,2,9-10,23-34H2,1H3. The number of benzene rings is 6. The van der Waals surface area contributed by atoms with E-state index in [1.165, 1.54) is 52.2 Å². The lowest BCUT2D eigenvalue weighted by Crippen LogP contribution is -2.38. The van der Waals surface area contributed by atoms with E-state index >= 15 is 0 Å². The molecule has 0 aliphatic heterocycles. The second-order valence-corrected chi connectivity index (χ2v) is 21.4. The molecule has 0 bridgehead atoms. The first-order chi connectivity index (χ1) is 38.8. The highest BCUT2D eigenvalue weighted by Crippen LogP contribution is 2.36. The monoisotopic (exact) mass is 1150 g/mol. The van der Waals surface area contributed by atoms with Gasteiger partial charge < -0.3 is 42.6 Å². The summed E-state index contributed by atoms with van der Waals surface area (Å²) in [6.07, 6.45) is 1.45. The van der Waals surface area contributed by atoms with Crippen LogP contribution in [0.15, 0.2) is 124 Å². The maximum absolute atomic E-state index is 14.9. The van der Waals surface area contributed by atoms with Gasteiger partial charge in [-0.05, 0) is 92.1 Å². The first-order valence-electron chi connectivity index (χ1n) is 25.4. The summed E-state index contributed by atoms with van der Waals surface area (Å²) in [5.41, 5.74) is -2.16. The number of rotatable bonds is 27. The molecule has 0 spiro atoms. The first kappa shape index (κ1) is 57.2. The molecule has 0 saturated heterocycles. The van der Waals surface area contributed by atoms with Gasteiger partial charge in [0.15, 0.2) is 36.1 Å². The van der Waals surface area contributed by atoms with Gasteiger partial charge in [-0.3, -0.25) is 14.4 Å². The molecule has 0 amide bonds. The summed E-state index contributed by atoms with van der Waals surface area (Å²) in [6.45, 7) is 0.790. The molecule has 416 valence electrons. The number of esters is 3. The van der Waals surface area contributed by atoms with Gasteiger partial charge in [-0.2, -0.15) is 0 Å². The zero-order chi connectivity index (χ0) is 56.2. The maximum atomic E-state index is 14.9. The van der Waals surface area contributed by atoms with E-state index in [1.54, 1.807) is 72.8 Å². The second kappa shape index (κ2) is 26.6. The molecule has 0 N–H and O–H groups in total. The minimum Gasteiger partial charge on any atom is -0.480 e. The maximum Gasteiger partial charge on any atom is 0.344 e. The summed E-state index contributed by atoms with van der Waals surface area (Å²) in [6, 6.07) is 28.0. The topological polar surface area (TPSA) is 185 Å². The van der Waals surface area contributed by atoms with Gasteiger partial charge in [0.1, 0.15) is 47.9 Å². The highest BCUT2D eigenvalue weighted by molar-refractivity contribution is 7.25. The Kier molecular flexibility index (Phi) is 19.0. The molecule has 0 aliphatic rings. The molecule has 15 nitrogen and oxygen atoms in total. The summed E-state index contributed by atoms with van der Waals surface area (Å²) in [5.74, 6) is -3.69. The molecule has 0 fully saturated rings. The van der Waals surface area contributed by atoms with Gasteiger partial charge >= 0.3 is 17.9 Å². The predicted octanol–water partition coefficient (Wildman–Crippen LogP) is 10.7. The normalized spacial score (nSPS) is 11.7. The van der Waals surface area contributed by atoms with Crippen molar-refractivity contribution in [3.05, 3.63) is 157 Å². The third kappa shape index (κ3) is 13.4. The Morgan fingerprint density at radius 2 is 0.750 bits per heavy atom. The van der Waals surface area contributed by atoms with Crippen LogP contribution in [-0.2, 0) is 42.8 Å². The number of hydrogen-bond acceptors (Lipinski definition) is 18. The van der Waals surface area contributed by atoms with Crippen LogP contribution in [0.5, 0.6) is 17.2 Å². The number of unbranched alkanes of at least 4 members (excludes halogenated alkanes) is 1. The molecule has 3 aromatic heterocycles. The van der Waals surface area contributed by atoms with E-state index < -0.39 is 76.9 Å². The van der Waals surface area contributed by atoms with Crippen LogP contribution >= 0.6 is 34.0 Å². The van der Waals surface area contributed by atoms with Crippen LogP contribution in [0.1, 0.15) is 26.2 Å².